The average molecular weight is 338 g/mol. The van der Waals surface area contributed by atoms with Crippen LogP contribution in [0.4, 0.5) is 13.2 Å². The molecule has 3 fully saturated rings. The quantitative estimate of drug-likeness (QED) is 0.889. The van der Waals surface area contributed by atoms with Crippen LogP contribution in [0, 0.1) is 11.3 Å². The molecule has 1 aromatic carbocycles. The van der Waals surface area contributed by atoms with E-state index in [-0.39, 0.29) is 29.2 Å². The topological polar surface area (TPSA) is 41.1 Å². The van der Waals surface area contributed by atoms with E-state index >= 15 is 0 Å². The Morgan fingerprint density at radius 2 is 1.92 bits per heavy atom. The zero-order valence-corrected chi connectivity index (χ0v) is 13.3. The van der Waals surface area contributed by atoms with Crippen LogP contribution < -0.4 is 10.6 Å². The fourth-order valence-electron chi connectivity index (χ4n) is 4.26. The lowest BCUT2D eigenvalue weighted by Gasteiger charge is -2.23. The first-order valence-corrected chi connectivity index (χ1v) is 8.58. The average Bonchev–Trinajstić information content (AvgIpc) is 3.45. The molecule has 6 heteroatoms. The zero-order valence-electron chi connectivity index (χ0n) is 13.3. The third kappa shape index (κ3) is 2.81. The second-order valence-electron chi connectivity index (χ2n) is 7.41. The standard InChI is InChI=1S/C18H21F3N2O/c19-18(20,21)13-4-2-1-3-11(13)12-9-15(12)23-16(24)14-10-17(14)5-7-22-8-6-17/h1-4,12,14-15,22H,5-10H2,(H,23,24). The van der Waals surface area contributed by atoms with E-state index < -0.39 is 11.7 Å². The molecule has 1 spiro atoms. The third-order valence-electron chi connectivity index (χ3n) is 5.89. The van der Waals surface area contributed by atoms with Gasteiger partial charge in [0.25, 0.3) is 0 Å². The number of carbonyl (C=O) groups excluding carboxylic acids is 1. The summed E-state index contributed by atoms with van der Waals surface area (Å²) in [5.74, 6) is -0.123. The molecule has 0 radical (unpaired) electrons. The van der Waals surface area contributed by atoms with Gasteiger partial charge in [-0.25, -0.2) is 0 Å². The molecule has 24 heavy (non-hydrogen) atoms. The number of piperidine rings is 1. The van der Waals surface area contributed by atoms with Crippen molar-refractivity contribution in [3.05, 3.63) is 35.4 Å². The van der Waals surface area contributed by atoms with Gasteiger partial charge in [0.15, 0.2) is 0 Å². The fraction of sp³-hybridized carbons (Fsp3) is 0.611. The van der Waals surface area contributed by atoms with Crippen molar-refractivity contribution in [2.75, 3.05) is 13.1 Å². The Kier molecular flexibility index (Phi) is 3.64. The van der Waals surface area contributed by atoms with Crippen LogP contribution in [0.25, 0.3) is 0 Å². The summed E-state index contributed by atoms with van der Waals surface area (Å²) in [5.41, 5.74) is -0.112. The minimum Gasteiger partial charge on any atom is -0.352 e. The maximum absolute atomic E-state index is 13.1. The van der Waals surface area contributed by atoms with Gasteiger partial charge in [0, 0.05) is 17.9 Å². The summed E-state index contributed by atoms with van der Waals surface area (Å²) in [6.07, 6.45) is -0.771. The molecule has 3 aliphatic rings. The first-order chi connectivity index (χ1) is 11.4. The fourth-order valence-corrected chi connectivity index (χ4v) is 4.26. The van der Waals surface area contributed by atoms with Crippen molar-refractivity contribution in [1.82, 2.24) is 10.6 Å². The van der Waals surface area contributed by atoms with Crippen LogP contribution in [0.1, 0.15) is 42.7 Å². The molecule has 2 N–H and O–H groups in total. The second kappa shape index (κ2) is 5.48. The number of amides is 1. The number of carbonyl (C=O) groups is 1. The van der Waals surface area contributed by atoms with Crippen LogP contribution in [0.3, 0.4) is 0 Å². The number of alkyl halides is 3. The zero-order chi connectivity index (χ0) is 16.9. The molecule has 0 bridgehead atoms. The van der Waals surface area contributed by atoms with E-state index in [1.165, 1.54) is 12.1 Å². The molecule has 2 aliphatic carbocycles. The van der Waals surface area contributed by atoms with Crippen LogP contribution in [-0.2, 0) is 11.0 Å². The number of hydrogen-bond donors (Lipinski definition) is 2. The Hall–Kier alpha value is -1.56. The summed E-state index contributed by atoms with van der Waals surface area (Å²) in [5, 5.41) is 6.29. The minimum absolute atomic E-state index is 0.0360. The Morgan fingerprint density at radius 3 is 2.62 bits per heavy atom. The smallest absolute Gasteiger partial charge is 0.352 e. The van der Waals surface area contributed by atoms with Crippen molar-refractivity contribution in [3.8, 4) is 0 Å². The molecule has 0 aromatic heterocycles. The van der Waals surface area contributed by atoms with Gasteiger partial charge in [0.2, 0.25) is 5.91 Å². The van der Waals surface area contributed by atoms with Crippen molar-refractivity contribution >= 4 is 5.91 Å². The summed E-state index contributed by atoms with van der Waals surface area (Å²) in [6, 6.07) is 5.54. The monoisotopic (exact) mass is 338 g/mol. The lowest BCUT2D eigenvalue weighted by atomic mass is 9.92. The van der Waals surface area contributed by atoms with Gasteiger partial charge in [-0.2, -0.15) is 13.2 Å². The summed E-state index contributed by atoms with van der Waals surface area (Å²) < 4.78 is 39.3. The number of nitrogens with one attached hydrogen (secondary N) is 2. The molecule has 3 unspecified atom stereocenters. The summed E-state index contributed by atoms with van der Waals surface area (Å²) in [6.45, 7) is 1.91. The highest BCUT2D eigenvalue weighted by atomic mass is 19.4. The van der Waals surface area contributed by atoms with Gasteiger partial charge in [-0.15, -0.1) is 0 Å². The summed E-state index contributed by atoms with van der Waals surface area (Å²) in [7, 11) is 0. The minimum atomic E-state index is -4.34. The lowest BCUT2D eigenvalue weighted by molar-refractivity contribution is -0.138. The van der Waals surface area contributed by atoms with Crippen LogP contribution in [0.5, 0.6) is 0 Å². The Morgan fingerprint density at radius 1 is 1.21 bits per heavy atom. The molecule has 1 aromatic rings. The third-order valence-corrected chi connectivity index (χ3v) is 5.89. The van der Waals surface area contributed by atoms with Crippen LogP contribution in [0.2, 0.25) is 0 Å². The van der Waals surface area contributed by atoms with Gasteiger partial charge in [-0.3, -0.25) is 4.79 Å². The van der Waals surface area contributed by atoms with Crippen molar-refractivity contribution < 1.29 is 18.0 Å². The number of hydrogen-bond acceptors (Lipinski definition) is 2. The first kappa shape index (κ1) is 15.9. The van der Waals surface area contributed by atoms with Gasteiger partial charge in [0.05, 0.1) is 5.56 Å². The molecule has 130 valence electrons. The van der Waals surface area contributed by atoms with E-state index in [0.29, 0.717) is 12.0 Å². The van der Waals surface area contributed by atoms with Crippen LogP contribution in [0.15, 0.2) is 24.3 Å². The van der Waals surface area contributed by atoms with E-state index in [2.05, 4.69) is 10.6 Å². The predicted molar refractivity (Wildman–Crippen MR) is 83.4 cm³/mol. The Balaban J connectivity index is 1.39. The first-order valence-electron chi connectivity index (χ1n) is 8.58. The number of benzene rings is 1. The lowest BCUT2D eigenvalue weighted by Crippen LogP contribution is -2.34. The Bertz CT molecular complexity index is 652. The normalized spacial score (nSPS) is 30.9. The van der Waals surface area contributed by atoms with E-state index in [4.69, 9.17) is 0 Å². The predicted octanol–water partition coefficient (Wildman–Crippen LogP) is 3.07. The second-order valence-corrected chi connectivity index (χ2v) is 7.41. The maximum atomic E-state index is 13.1. The van der Waals surface area contributed by atoms with Crippen LogP contribution >= 0.6 is 0 Å². The molecule has 2 saturated carbocycles. The molecular formula is C18H21F3N2O. The van der Waals surface area contributed by atoms with Crippen molar-refractivity contribution in [2.45, 2.75) is 43.8 Å². The highest BCUT2D eigenvalue weighted by molar-refractivity contribution is 5.83. The molecule has 1 heterocycles. The summed E-state index contributed by atoms with van der Waals surface area (Å²) >= 11 is 0. The highest BCUT2D eigenvalue weighted by Gasteiger charge is 2.58. The number of halogens is 3. The Labute approximate surface area is 139 Å². The van der Waals surface area contributed by atoms with E-state index in [9.17, 15) is 18.0 Å². The van der Waals surface area contributed by atoms with Crippen LogP contribution in [-0.4, -0.2) is 25.0 Å². The van der Waals surface area contributed by atoms with Gasteiger partial charge < -0.3 is 10.6 Å². The molecule has 1 saturated heterocycles. The van der Waals surface area contributed by atoms with Gasteiger partial charge in [-0.05, 0) is 55.8 Å². The van der Waals surface area contributed by atoms with Crippen molar-refractivity contribution in [3.63, 3.8) is 0 Å². The molecule has 3 atom stereocenters. The number of rotatable bonds is 3. The highest BCUT2D eigenvalue weighted by Crippen LogP contribution is 2.59. The van der Waals surface area contributed by atoms with Crippen molar-refractivity contribution in [1.29, 1.82) is 0 Å². The SMILES string of the molecule is O=C(NC1CC1c1ccccc1C(F)(F)F)C1CC12CCNCC2. The molecule has 1 aliphatic heterocycles. The van der Waals surface area contributed by atoms with E-state index in [1.807, 2.05) is 0 Å². The van der Waals surface area contributed by atoms with Gasteiger partial charge in [0.1, 0.15) is 0 Å². The molecular weight excluding hydrogens is 317 g/mol. The molecule has 4 rings (SSSR count). The maximum Gasteiger partial charge on any atom is 0.416 e. The van der Waals surface area contributed by atoms with Gasteiger partial charge in [-0.1, -0.05) is 18.2 Å². The molecule has 3 nitrogen and oxygen atoms in total. The molecule has 1 amide bonds. The summed E-state index contributed by atoms with van der Waals surface area (Å²) in [4.78, 5) is 12.4. The van der Waals surface area contributed by atoms with E-state index in [1.54, 1.807) is 6.07 Å². The van der Waals surface area contributed by atoms with Gasteiger partial charge >= 0.3 is 6.18 Å². The van der Waals surface area contributed by atoms with E-state index in [0.717, 1.165) is 38.4 Å². The largest absolute Gasteiger partial charge is 0.416 e. The van der Waals surface area contributed by atoms with Crippen molar-refractivity contribution in [2.24, 2.45) is 11.3 Å².